The lowest BCUT2D eigenvalue weighted by Crippen LogP contribution is -2.53. The predicted molar refractivity (Wildman–Crippen MR) is 70.5 cm³/mol. The Labute approximate surface area is 114 Å². The number of para-hydroxylation sites is 1. The Morgan fingerprint density at radius 3 is 2.90 bits per heavy atom. The molecule has 1 saturated heterocycles. The van der Waals surface area contributed by atoms with E-state index in [9.17, 15) is 9.18 Å². The Hall–Kier alpha value is -2.15. The number of carbonyl (C=O) groups excluding carboxylic acids is 1. The molecule has 3 rings (SSSR count). The summed E-state index contributed by atoms with van der Waals surface area (Å²) in [5.41, 5.74) is 5.03. The summed E-state index contributed by atoms with van der Waals surface area (Å²) in [4.78, 5) is 17.1. The molecule has 1 aromatic carbocycles. The number of fused-ring (bicyclic) bond motifs is 1. The number of amides is 1. The van der Waals surface area contributed by atoms with E-state index in [1.165, 1.54) is 0 Å². The van der Waals surface area contributed by atoms with E-state index in [2.05, 4.69) is 4.98 Å². The second-order valence-corrected chi connectivity index (χ2v) is 5.01. The lowest BCUT2D eigenvalue weighted by molar-refractivity contribution is -0.123. The standard InChI is InChI=1S/C13H14FN3O3/c1-17(5-13(14)6-19-7-13)12-16-10-8(11(15)18)3-2-4-9(10)20-12/h2-4H,5-7H2,1H3,(H2,15,18). The van der Waals surface area contributed by atoms with Crippen molar-refractivity contribution in [3.8, 4) is 0 Å². The lowest BCUT2D eigenvalue weighted by atomic mass is 10.0. The minimum Gasteiger partial charge on any atom is -0.423 e. The number of aromatic nitrogens is 1. The Morgan fingerprint density at radius 2 is 2.30 bits per heavy atom. The van der Waals surface area contributed by atoms with Crippen LogP contribution in [0.2, 0.25) is 0 Å². The molecule has 0 radical (unpaired) electrons. The predicted octanol–water partition coefficient (Wildman–Crippen LogP) is 1.10. The van der Waals surface area contributed by atoms with Crippen LogP contribution in [0.4, 0.5) is 10.4 Å². The van der Waals surface area contributed by atoms with Crippen molar-refractivity contribution < 1.29 is 18.3 Å². The van der Waals surface area contributed by atoms with E-state index in [4.69, 9.17) is 14.9 Å². The number of halogens is 1. The first-order valence-corrected chi connectivity index (χ1v) is 6.16. The second-order valence-electron chi connectivity index (χ2n) is 5.01. The summed E-state index contributed by atoms with van der Waals surface area (Å²) >= 11 is 0. The van der Waals surface area contributed by atoms with Gasteiger partial charge in [-0.3, -0.25) is 4.79 Å². The molecule has 1 aliphatic heterocycles. The van der Waals surface area contributed by atoms with Crippen LogP contribution in [-0.4, -0.2) is 43.4 Å². The van der Waals surface area contributed by atoms with Gasteiger partial charge in [-0.2, -0.15) is 4.98 Å². The first-order chi connectivity index (χ1) is 9.48. The number of ether oxygens (including phenoxy) is 1. The maximum absolute atomic E-state index is 14.0. The average molecular weight is 279 g/mol. The molecule has 1 fully saturated rings. The van der Waals surface area contributed by atoms with Gasteiger partial charge in [0.05, 0.1) is 25.3 Å². The molecule has 0 bridgehead atoms. The van der Waals surface area contributed by atoms with Crippen molar-refractivity contribution in [2.75, 3.05) is 31.7 Å². The van der Waals surface area contributed by atoms with Gasteiger partial charge in [-0.05, 0) is 12.1 Å². The van der Waals surface area contributed by atoms with Gasteiger partial charge < -0.3 is 19.8 Å². The van der Waals surface area contributed by atoms with Crippen molar-refractivity contribution in [1.82, 2.24) is 4.98 Å². The maximum Gasteiger partial charge on any atom is 0.298 e. The Balaban J connectivity index is 1.92. The van der Waals surface area contributed by atoms with Gasteiger partial charge in [0.15, 0.2) is 11.3 Å². The molecule has 0 saturated carbocycles. The van der Waals surface area contributed by atoms with Crippen LogP contribution in [0, 0.1) is 0 Å². The van der Waals surface area contributed by atoms with E-state index >= 15 is 0 Å². The molecule has 7 heteroatoms. The number of rotatable bonds is 4. The first kappa shape index (κ1) is 12.9. The highest BCUT2D eigenvalue weighted by Crippen LogP contribution is 2.28. The quantitative estimate of drug-likeness (QED) is 0.906. The Morgan fingerprint density at radius 1 is 1.55 bits per heavy atom. The van der Waals surface area contributed by atoms with Crippen molar-refractivity contribution >= 4 is 23.0 Å². The van der Waals surface area contributed by atoms with E-state index in [-0.39, 0.29) is 31.3 Å². The van der Waals surface area contributed by atoms with Crippen molar-refractivity contribution in [2.45, 2.75) is 5.67 Å². The summed E-state index contributed by atoms with van der Waals surface area (Å²) in [7, 11) is 1.67. The summed E-state index contributed by atoms with van der Waals surface area (Å²) in [5.74, 6) is -0.576. The van der Waals surface area contributed by atoms with Crippen LogP contribution in [0.1, 0.15) is 10.4 Å². The van der Waals surface area contributed by atoms with Crippen molar-refractivity contribution in [3.63, 3.8) is 0 Å². The van der Waals surface area contributed by atoms with E-state index < -0.39 is 11.6 Å². The summed E-state index contributed by atoms with van der Waals surface area (Å²) in [5, 5.41) is 0. The molecular formula is C13H14FN3O3. The zero-order valence-electron chi connectivity index (χ0n) is 10.9. The average Bonchev–Trinajstić information content (AvgIpc) is 2.80. The van der Waals surface area contributed by atoms with E-state index in [0.29, 0.717) is 11.1 Å². The molecule has 20 heavy (non-hydrogen) atoms. The Bertz CT molecular complexity index is 666. The molecule has 106 valence electrons. The number of nitrogens with zero attached hydrogens (tertiary/aromatic N) is 2. The maximum atomic E-state index is 14.0. The molecule has 0 aliphatic carbocycles. The molecule has 0 atom stereocenters. The number of hydrogen-bond acceptors (Lipinski definition) is 5. The van der Waals surface area contributed by atoms with Crippen molar-refractivity contribution in [3.05, 3.63) is 23.8 Å². The third kappa shape index (κ3) is 2.09. The summed E-state index contributed by atoms with van der Waals surface area (Å²) in [6.07, 6.45) is 0. The summed E-state index contributed by atoms with van der Waals surface area (Å²) < 4.78 is 24.4. The minimum absolute atomic E-state index is 0.0735. The monoisotopic (exact) mass is 279 g/mol. The van der Waals surface area contributed by atoms with Crippen LogP contribution in [0.3, 0.4) is 0 Å². The molecule has 1 aliphatic rings. The third-order valence-corrected chi connectivity index (χ3v) is 3.24. The van der Waals surface area contributed by atoms with Gasteiger partial charge in [0.2, 0.25) is 0 Å². The molecule has 0 spiro atoms. The van der Waals surface area contributed by atoms with E-state index in [0.717, 1.165) is 0 Å². The topological polar surface area (TPSA) is 81.6 Å². The van der Waals surface area contributed by atoms with Gasteiger partial charge in [0.25, 0.3) is 11.9 Å². The van der Waals surface area contributed by atoms with Crippen LogP contribution in [0.5, 0.6) is 0 Å². The number of anilines is 1. The smallest absolute Gasteiger partial charge is 0.298 e. The SMILES string of the molecule is CN(CC1(F)COC1)c1nc2c(C(N)=O)cccc2o1. The molecule has 2 aromatic rings. The highest BCUT2D eigenvalue weighted by atomic mass is 19.1. The number of oxazole rings is 1. The number of alkyl halides is 1. The van der Waals surface area contributed by atoms with Gasteiger partial charge in [-0.25, -0.2) is 4.39 Å². The molecule has 6 nitrogen and oxygen atoms in total. The number of benzene rings is 1. The molecular weight excluding hydrogens is 265 g/mol. The minimum atomic E-state index is -1.37. The fourth-order valence-electron chi connectivity index (χ4n) is 2.21. The molecule has 1 aromatic heterocycles. The van der Waals surface area contributed by atoms with Crippen molar-refractivity contribution in [1.29, 1.82) is 0 Å². The third-order valence-electron chi connectivity index (χ3n) is 3.24. The Kier molecular flexibility index (Phi) is 2.86. The molecule has 0 unspecified atom stereocenters. The van der Waals surface area contributed by atoms with Gasteiger partial charge >= 0.3 is 0 Å². The van der Waals surface area contributed by atoms with Crippen LogP contribution < -0.4 is 10.6 Å². The van der Waals surface area contributed by atoms with Crippen LogP contribution >= 0.6 is 0 Å². The molecule has 2 N–H and O–H groups in total. The zero-order chi connectivity index (χ0) is 14.3. The van der Waals surface area contributed by atoms with Gasteiger partial charge in [-0.1, -0.05) is 6.07 Å². The van der Waals surface area contributed by atoms with Gasteiger partial charge in [0.1, 0.15) is 5.52 Å². The number of nitrogens with two attached hydrogens (primary N) is 1. The second kappa shape index (κ2) is 4.45. The van der Waals surface area contributed by atoms with Crippen LogP contribution in [-0.2, 0) is 4.74 Å². The normalized spacial score (nSPS) is 16.9. The fraction of sp³-hybridized carbons (Fsp3) is 0.385. The fourth-order valence-corrected chi connectivity index (χ4v) is 2.21. The molecule has 2 heterocycles. The van der Waals surface area contributed by atoms with Crippen LogP contribution in [0.25, 0.3) is 11.1 Å². The van der Waals surface area contributed by atoms with Crippen molar-refractivity contribution in [2.24, 2.45) is 5.73 Å². The van der Waals surface area contributed by atoms with Gasteiger partial charge in [-0.15, -0.1) is 0 Å². The van der Waals surface area contributed by atoms with Gasteiger partial charge in [0, 0.05) is 7.05 Å². The highest BCUT2D eigenvalue weighted by molar-refractivity contribution is 6.03. The van der Waals surface area contributed by atoms with E-state index in [1.807, 2.05) is 0 Å². The molecule has 1 amide bonds. The summed E-state index contributed by atoms with van der Waals surface area (Å²) in [6, 6.07) is 5.17. The summed E-state index contributed by atoms with van der Waals surface area (Å²) in [6.45, 7) is 0.264. The largest absolute Gasteiger partial charge is 0.423 e. The lowest BCUT2D eigenvalue weighted by Gasteiger charge is -2.36. The number of carbonyl (C=O) groups is 1. The number of hydrogen-bond donors (Lipinski definition) is 1. The van der Waals surface area contributed by atoms with Crippen LogP contribution in [0.15, 0.2) is 22.6 Å². The number of primary amides is 1. The van der Waals surface area contributed by atoms with E-state index in [1.54, 1.807) is 30.1 Å². The highest BCUT2D eigenvalue weighted by Gasteiger charge is 2.40. The zero-order valence-corrected chi connectivity index (χ0v) is 10.9. The first-order valence-electron chi connectivity index (χ1n) is 6.16.